The van der Waals surface area contributed by atoms with Crippen molar-refractivity contribution < 1.29 is 4.74 Å². The lowest BCUT2D eigenvalue weighted by Gasteiger charge is -2.37. The zero-order valence-corrected chi connectivity index (χ0v) is 13.2. The molecule has 1 aromatic rings. The van der Waals surface area contributed by atoms with Crippen LogP contribution >= 0.6 is 31.9 Å². The smallest absolute Gasteiger partial charge is 0.143 e. The normalized spacial score (nSPS) is 25.1. The average molecular weight is 364 g/mol. The quantitative estimate of drug-likeness (QED) is 0.755. The molecule has 2 heterocycles. The van der Waals surface area contributed by atoms with E-state index < -0.39 is 0 Å². The molecule has 2 unspecified atom stereocenters. The lowest BCUT2D eigenvalue weighted by atomic mass is 10.2. The highest BCUT2D eigenvalue weighted by atomic mass is 79.9. The van der Waals surface area contributed by atoms with Crippen LogP contribution in [0.3, 0.4) is 0 Å². The Morgan fingerprint density at radius 2 is 2.29 bits per heavy atom. The summed E-state index contributed by atoms with van der Waals surface area (Å²) in [4.78, 5) is 6.79. The van der Waals surface area contributed by atoms with Crippen LogP contribution in [0.5, 0.6) is 0 Å². The molecule has 17 heavy (non-hydrogen) atoms. The number of rotatable bonds is 2. The summed E-state index contributed by atoms with van der Waals surface area (Å²) < 4.78 is 6.87. The van der Waals surface area contributed by atoms with E-state index in [0.717, 1.165) is 28.7 Å². The fourth-order valence-electron chi connectivity index (χ4n) is 2.06. The second-order valence-corrected chi connectivity index (χ2v) is 5.95. The van der Waals surface area contributed by atoms with Gasteiger partial charge in [0.25, 0.3) is 0 Å². The van der Waals surface area contributed by atoms with Crippen molar-refractivity contribution in [1.82, 2.24) is 4.98 Å². The van der Waals surface area contributed by atoms with Gasteiger partial charge in [-0.05, 0) is 41.4 Å². The summed E-state index contributed by atoms with van der Waals surface area (Å²) in [5.74, 6) is 1.01. The third kappa shape index (κ3) is 3.20. The van der Waals surface area contributed by atoms with Gasteiger partial charge in [0.15, 0.2) is 0 Å². The summed E-state index contributed by atoms with van der Waals surface area (Å²) in [6.45, 7) is 5.91. The molecule has 0 bridgehead atoms. The van der Waals surface area contributed by atoms with E-state index >= 15 is 0 Å². The van der Waals surface area contributed by atoms with Gasteiger partial charge in [0.1, 0.15) is 5.82 Å². The van der Waals surface area contributed by atoms with Gasteiger partial charge in [-0.15, -0.1) is 0 Å². The Labute approximate surface area is 119 Å². The third-order valence-electron chi connectivity index (χ3n) is 2.76. The average Bonchev–Trinajstić information content (AvgIpc) is 2.28. The molecule has 0 aliphatic carbocycles. The molecule has 1 aliphatic rings. The Morgan fingerprint density at radius 3 is 2.94 bits per heavy atom. The van der Waals surface area contributed by atoms with Crippen LogP contribution in [0.1, 0.15) is 12.5 Å². The van der Waals surface area contributed by atoms with E-state index in [1.807, 2.05) is 13.1 Å². The molecule has 1 saturated heterocycles. The molecule has 3 nitrogen and oxygen atoms in total. The topological polar surface area (TPSA) is 25.4 Å². The minimum atomic E-state index is 0.230. The van der Waals surface area contributed by atoms with Crippen LogP contribution in [0.25, 0.3) is 0 Å². The van der Waals surface area contributed by atoms with Gasteiger partial charge in [-0.2, -0.15) is 0 Å². The minimum Gasteiger partial charge on any atom is -0.371 e. The number of morpholine rings is 1. The lowest BCUT2D eigenvalue weighted by molar-refractivity contribution is -0.00227. The van der Waals surface area contributed by atoms with Crippen molar-refractivity contribution in [3.8, 4) is 0 Å². The molecule has 2 rings (SSSR count). The predicted octanol–water partition coefficient (Wildman–Crippen LogP) is 3.14. The zero-order chi connectivity index (χ0) is 12.4. The summed E-state index contributed by atoms with van der Waals surface area (Å²) in [6.07, 6.45) is 2.37. The fraction of sp³-hybridized carbons (Fsp3) is 0.583. The molecule has 0 radical (unpaired) electrons. The van der Waals surface area contributed by atoms with Gasteiger partial charge in [-0.1, -0.05) is 15.9 Å². The van der Waals surface area contributed by atoms with Gasteiger partial charge in [0, 0.05) is 24.6 Å². The van der Waals surface area contributed by atoms with Crippen molar-refractivity contribution in [3.05, 3.63) is 22.3 Å². The molecule has 1 aromatic heterocycles. The maximum Gasteiger partial charge on any atom is 0.143 e. The van der Waals surface area contributed by atoms with Crippen LogP contribution in [-0.4, -0.2) is 35.6 Å². The van der Waals surface area contributed by atoms with Gasteiger partial charge in [-0.3, -0.25) is 0 Å². The van der Waals surface area contributed by atoms with E-state index in [1.165, 1.54) is 5.56 Å². The number of nitrogens with zero attached hydrogens (tertiary/aromatic N) is 2. The monoisotopic (exact) mass is 362 g/mol. The van der Waals surface area contributed by atoms with E-state index in [9.17, 15) is 0 Å². The standard InChI is InChI=1S/C12H16Br2N2O/c1-8-3-11(14)12(15-5-8)16-6-9(2)17-10(4-13)7-16/h3,5,9-10H,4,6-7H2,1-2H3. The maximum absolute atomic E-state index is 5.82. The van der Waals surface area contributed by atoms with E-state index in [4.69, 9.17) is 4.74 Å². The Kier molecular flexibility index (Phi) is 4.44. The van der Waals surface area contributed by atoms with E-state index in [1.54, 1.807) is 0 Å². The summed E-state index contributed by atoms with van der Waals surface area (Å²) >= 11 is 7.07. The second-order valence-electron chi connectivity index (χ2n) is 4.45. The number of hydrogen-bond donors (Lipinski definition) is 0. The Bertz CT molecular complexity index is 400. The van der Waals surface area contributed by atoms with Crippen molar-refractivity contribution >= 4 is 37.7 Å². The van der Waals surface area contributed by atoms with E-state index in [2.05, 4.69) is 54.7 Å². The second kappa shape index (κ2) is 5.67. The summed E-state index contributed by atoms with van der Waals surface area (Å²) in [5, 5.41) is 0.858. The number of hydrogen-bond acceptors (Lipinski definition) is 3. The van der Waals surface area contributed by atoms with Crippen LogP contribution in [0.15, 0.2) is 16.7 Å². The largest absolute Gasteiger partial charge is 0.371 e. The molecule has 94 valence electrons. The number of ether oxygens (including phenoxy) is 1. The zero-order valence-electron chi connectivity index (χ0n) is 9.99. The van der Waals surface area contributed by atoms with Crippen molar-refractivity contribution in [2.24, 2.45) is 0 Å². The predicted molar refractivity (Wildman–Crippen MR) is 77.0 cm³/mol. The first kappa shape index (κ1) is 13.3. The van der Waals surface area contributed by atoms with Crippen molar-refractivity contribution in [1.29, 1.82) is 0 Å². The first-order valence-corrected chi connectivity index (χ1v) is 7.60. The summed E-state index contributed by atoms with van der Waals surface area (Å²) in [7, 11) is 0. The Hall–Kier alpha value is -0.130. The van der Waals surface area contributed by atoms with Crippen molar-refractivity contribution in [2.75, 3.05) is 23.3 Å². The highest BCUT2D eigenvalue weighted by molar-refractivity contribution is 9.10. The number of alkyl halides is 1. The van der Waals surface area contributed by atoms with Gasteiger partial charge in [0.05, 0.1) is 16.7 Å². The molecule has 5 heteroatoms. The third-order valence-corrected chi connectivity index (χ3v) is 4.06. The molecule has 0 N–H and O–H groups in total. The maximum atomic E-state index is 5.82. The molecular formula is C12H16Br2N2O. The lowest BCUT2D eigenvalue weighted by Crippen LogP contribution is -2.47. The molecule has 1 aliphatic heterocycles. The summed E-state index contributed by atoms with van der Waals surface area (Å²) in [5.41, 5.74) is 1.17. The van der Waals surface area contributed by atoms with Gasteiger partial charge in [0.2, 0.25) is 0 Å². The molecule has 0 aromatic carbocycles. The number of pyridine rings is 1. The first-order chi connectivity index (χ1) is 8.10. The van der Waals surface area contributed by atoms with Gasteiger partial charge in [-0.25, -0.2) is 4.98 Å². The van der Waals surface area contributed by atoms with Crippen LogP contribution < -0.4 is 4.90 Å². The molecule has 0 spiro atoms. The number of aromatic nitrogens is 1. The molecule has 2 atom stereocenters. The van der Waals surface area contributed by atoms with E-state index in [0.29, 0.717) is 0 Å². The molecule has 0 amide bonds. The van der Waals surface area contributed by atoms with Crippen LogP contribution in [0, 0.1) is 6.92 Å². The van der Waals surface area contributed by atoms with Crippen LogP contribution in [0.2, 0.25) is 0 Å². The highest BCUT2D eigenvalue weighted by Gasteiger charge is 2.26. The van der Waals surface area contributed by atoms with Crippen LogP contribution in [0.4, 0.5) is 5.82 Å². The molecular weight excluding hydrogens is 348 g/mol. The number of anilines is 1. The molecule has 1 fully saturated rings. The van der Waals surface area contributed by atoms with E-state index in [-0.39, 0.29) is 12.2 Å². The molecule has 0 saturated carbocycles. The Balaban J connectivity index is 2.20. The fourth-order valence-corrected chi connectivity index (χ4v) is 3.13. The first-order valence-electron chi connectivity index (χ1n) is 5.68. The minimum absolute atomic E-state index is 0.230. The van der Waals surface area contributed by atoms with Gasteiger partial charge < -0.3 is 9.64 Å². The Morgan fingerprint density at radius 1 is 1.53 bits per heavy atom. The number of halogens is 2. The number of aryl methyl sites for hydroxylation is 1. The van der Waals surface area contributed by atoms with Gasteiger partial charge >= 0.3 is 0 Å². The SMILES string of the molecule is Cc1cnc(N2CC(C)OC(CBr)C2)c(Br)c1. The van der Waals surface area contributed by atoms with Crippen LogP contribution in [-0.2, 0) is 4.74 Å². The summed E-state index contributed by atoms with van der Waals surface area (Å²) in [6, 6.07) is 2.10. The van der Waals surface area contributed by atoms with Crippen molar-refractivity contribution in [2.45, 2.75) is 26.1 Å². The van der Waals surface area contributed by atoms with Crippen molar-refractivity contribution in [3.63, 3.8) is 0 Å². The highest BCUT2D eigenvalue weighted by Crippen LogP contribution is 2.27.